The minimum Gasteiger partial charge on any atom is -0.385 e. The van der Waals surface area contributed by atoms with Gasteiger partial charge in [0.2, 0.25) is 0 Å². The predicted octanol–water partition coefficient (Wildman–Crippen LogP) is 3.80. The molecule has 0 unspecified atom stereocenters. The van der Waals surface area contributed by atoms with Crippen LogP contribution in [0, 0.1) is 0 Å². The number of guanidine groups is 1. The van der Waals surface area contributed by atoms with Crippen molar-refractivity contribution in [1.82, 2.24) is 10.6 Å². The van der Waals surface area contributed by atoms with Crippen LogP contribution in [0.4, 0.5) is 0 Å². The third-order valence-corrected chi connectivity index (χ3v) is 4.42. The molecule has 0 atom stereocenters. The average molecular weight is 354 g/mol. The zero-order valence-corrected chi connectivity index (χ0v) is 15.9. The van der Waals surface area contributed by atoms with Crippen LogP contribution >= 0.6 is 0 Å². The predicted molar refractivity (Wildman–Crippen MR) is 110 cm³/mol. The second-order valence-electron chi connectivity index (χ2n) is 6.31. The quantitative estimate of drug-likeness (QED) is 0.388. The first-order chi connectivity index (χ1) is 12.8. The highest BCUT2D eigenvalue weighted by atomic mass is 16.5. The fourth-order valence-electron chi connectivity index (χ4n) is 2.97. The van der Waals surface area contributed by atoms with Crippen molar-refractivity contribution in [3.05, 3.63) is 71.8 Å². The second-order valence-corrected chi connectivity index (χ2v) is 6.31. The molecule has 0 aromatic heterocycles. The molecule has 4 heteroatoms. The molecular weight excluding hydrogens is 322 g/mol. The number of nitrogens with zero attached hydrogens (tertiary/aromatic N) is 1. The minimum absolute atomic E-state index is 0.289. The standard InChI is InChI=1S/C22H31N3O/c1-23-22(24-16-10-5-11-17-26-2)25-18-21(19-12-6-3-7-13-19)20-14-8-4-9-15-20/h3-4,6-9,12-15,21H,5,10-11,16-18H2,1-2H3,(H2,23,24,25). The van der Waals surface area contributed by atoms with E-state index in [0.29, 0.717) is 0 Å². The molecule has 2 aromatic carbocycles. The van der Waals surface area contributed by atoms with E-state index >= 15 is 0 Å². The van der Waals surface area contributed by atoms with Crippen LogP contribution < -0.4 is 10.6 Å². The molecule has 0 aliphatic carbocycles. The van der Waals surface area contributed by atoms with Gasteiger partial charge >= 0.3 is 0 Å². The van der Waals surface area contributed by atoms with Gasteiger partial charge in [0, 0.05) is 39.8 Å². The number of nitrogens with one attached hydrogen (secondary N) is 2. The maximum Gasteiger partial charge on any atom is 0.191 e. The van der Waals surface area contributed by atoms with Gasteiger partial charge in [0.05, 0.1) is 0 Å². The van der Waals surface area contributed by atoms with Crippen molar-refractivity contribution in [2.45, 2.75) is 25.2 Å². The lowest BCUT2D eigenvalue weighted by Gasteiger charge is -2.20. The number of methoxy groups -OCH3 is 1. The summed E-state index contributed by atoms with van der Waals surface area (Å²) in [5.74, 6) is 1.14. The van der Waals surface area contributed by atoms with Crippen molar-refractivity contribution in [3.8, 4) is 0 Å². The molecule has 26 heavy (non-hydrogen) atoms. The molecule has 0 aliphatic rings. The Hall–Kier alpha value is -2.33. The molecule has 2 N–H and O–H groups in total. The van der Waals surface area contributed by atoms with Crippen molar-refractivity contribution in [2.24, 2.45) is 4.99 Å². The van der Waals surface area contributed by atoms with Crippen molar-refractivity contribution in [2.75, 3.05) is 33.9 Å². The first-order valence-electron chi connectivity index (χ1n) is 9.38. The van der Waals surface area contributed by atoms with E-state index in [1.54, 1.807) is 7.11 Å². The summed E-state index contributed by atoms with van der Waals surface area (Å²) in [7, 11) is 3.57. The van der Waals surface area contributed by atoms with E-state index < -0.39 is 0 Å². The number of rotatable bonds is 10. The summed E-state index contributed by atoms with van der Waals surface area (Å²) >= 11 is 0. The zero-order valence-electron chi connectivity index (χ0n) is 15.9. The summed E-state index contributed by atoms with van der Waals surface area (Å²) < 4.78 is 5.08. The Morgan fingerprint density at radius 3 is 2.04 bits per heavy atom. The SMILES string of the molecule is CN=C(NCCCCCOC)NCC(c1ccccc1)c1ccccc1. The molecular formula is C22H31N3O. The molecule has 140 valence electrons. The Bertz CT molecular complexity index is 589. The normalized spacial score (nSPS) is 11.6. The molecule has 0 saturated heterocycles. The first kappa shape index (κ1) is 20.0. The van der Waals surface area contributed by atoms with Gasteiger partial charge in [-0.1, -0.05) is 60.7 Å². The molecule has 0 aliphatic heterocycles. The van der Waals surface area contributed by atoms with Gasteiger partial charge < -0.3 is 15.4 Å². The van der Waals surface area contributed by atoms with Gasteiger partial charge in [-0.2, -0.15) is 0 Å². The number of hydrogen-bond donors (Lipinski definition) is 2. The highest BCUT2D eigenvalue weighted by Gasteiger charge is 2.14. The van der Waals surface area contributed by atoms with Crippen LogP contribution in [-0.4, -0.2) is 39.8 Å². The van der Waals surface area contributed by atoms with Gasteiger partial charge in [-0.3, -0.25) is 4.99 Å². The van der Waals surface area contributed by atoms with Crippen LogP contribution in [0.1, 0.15) is 36.3 Å². The van der Waals surface area contributed by atoms with E-state index in [4.69, 9.17) is 4.74 Å². The maximum atomic E-state index is 5.08. The average Bonchev–Trinajstić information content (AvgIpc) is 2.70. The van der Waals surface area contributed by atoms with E-state index in [9.17, 15) is 0 Å². The van der Waals surface area contributed by atoms with Crippen LogP contribution in [0.15, 0.2) is 65.7 Å². The number of hydrogen-bond acceptors (Lipinski definition) is 2. The molecule has 0 amide bonds. The molecule has 0 bridgehead atoms. The Kier molecular flexibility index (Phi) is 9.30. The van der Waals surface area contributed by atoms with Crippen LogP contribution in [0.5, 0.6) is 0 Å². The van der Waals surface area contributed by atoms with E-state index in [2.05, 4.69) is 76.3 Å². The van der Waals surface area contributed by atoms with Gasteiger partial charge in [-0.25, -0.2) is 0 Å². The lowest BCUT2D eigenvalue weighted by atomic mass is 9.91. The molecule has 0 saturated carbocycles. The first-order valence-corrected chi connectivity index (χ1v) is 9.38. The molecule has 2 aromatic rings. The Morgan fingerprint density at radius 2 is 1.50 bits per heavy atom. The number of unbranched alkanes of at least 4 members (excludes halogenated alkanes) is 2. The summed E-state index contributed by atoms with van der Waals surface area (Å²) in [5, 5.41) is 6.89. The zero-order chi connectivity index (χ0) is 18.5. The number of ether oxygens (including phenoxy) is 1. The summed E-state index contributed by atoms with van der Waals surface area (Å²) in [4.78, 5) is 4.35. The smallest absolute Gasteiger partial charge is 0.191 e. The largest absolute Gasteiger partial charge is 0.385 e. The van der Waals surface area contributed by atoms with E-state index in [1.165, 1.54) is 11.1 Å². The Labute approximate surface area is 157 Å². The van der Waals surface area contributed by atoms with Crippen molar-refractivity contribution >= 4 is 5.96 Å². The van der Waals surface area contributed by atoms with Crippen LogP contribution in [0.3, 0.4) is 0 Å². The van der Waals surface area contributed by atoms with Crippen molar-refractivity contribution in [1.29, 1.82) is 0 Å². The number of benzene rings is 2. The number of aliphatic imine (C=N–C) groups is 1. The third-order valence-electron chi connectivity index (χ3n) is 4.42. The minimum atomic E-state index is 0.289. The van der Waals surface area contributed by atoms with E-state index in [0.717, 1.165) is 44.9 Å². The van der Waals surface area contributed by atoms with Gasteiger partial charge in [0.15, 0.2) is 5.96 Å². The summed E-state index contributed by atoms with van der Waals surface area (Å²) in [6.45, 7) is 2.56. The molecule has 0 fully saturated rings. The second kappa shape index (κ2) is 12.1. The van der Waals surface area contributed by atoms with E-state index in [-0.39, 0.29) is 5.92 Å². The molecule has 0 heterocycles. The van der Waals surface area contributed by atoms with Crippen LogP contribution in [-0.2, 0) is 4.74 Å². The van der Waals surface area contributed by atoms with Crippen molar-refractivity contribution < 1.29 is 4.74 Å². The lowest BCUT2D eigenvalue weighted by Crippen LogP contribution is -2.40. The van der Waals surface area contributed by atoms with Gasteiger partial charge in [-0.15, -0.1) is 0 Å². The summed E-state index contributed by atoms with van der Waals surface area (Å²) in [5.41, 5.74) is 2.61. The van der Waals surface area contributed by atoms with Crippen molar-refractivity contribution in [3.63, 3.8) is 0 Å². The highest BCUT2D eigenvalue weighted by Crippen LogP contribution is 2.23. The monoisotopic (exact) mass is 353 g/mol. The van der Waals surface area contributed by atoms with Crippen LogP contribution in [0.2, 0.25) is 0 Å². The maximum absolute atomic E-state index is 5.08. The molecule has 2 rings (SSSR count). The fraction of sp³-hybridized carbons (Fsp3) is 0.409. The van der Waals surface area contributed by atoms with Crippen LogP contribution in [0.25, 0.3) is 0 Å². The molecule has 0 spiro atoms. The summed E-state index contributed by atoms with van der Waals surface area (Å²) in [6, 6.07) is 21.2. The fourth-order valence-corrected chi connectivity index (χ4v) is 2.97. The molecule has 0 radical (unpaired) electrons. The lowest BCUT2D eigenvalue weighted by molar-refractivity contribution is 0.192. The van der Waals surface area contributed by atoms with Gasteiger partial charge in [-0.05, 0) is 30.4 Å². The summed E-state index contributed by atoms with van der Waals surface area (Å²) in [6.07, 6.45) is 3.38. The topological polar surface area (TPSA) is 45.7 Å². The van der Waals surface area contributed by atoms with Gasteiger partial charge in [0.1, 0.15) is 0 Å². The Balaban J connectivity index is 1.89. The van der Waals surface area contributed by atoms with E-state index in [1.807, 2.05) is 7.05 Å². The Morgan fingerprint density at radius 1 is 0.885 bits per heavy atom. The third kappa shape index (κ3) is 6.89. The molecule has 4 nitrogen and oxygen atoms in total. The highest BCUT2D eigenvalue weighted by molar-refractivity contribution is 5.79. The van der Waals surface area contributed by atoms with Gasteiger partial charge in [0.25, 0.3) is 0 Å².